The summed E-state index contributed by atoms with van der Waals surface area (Å²) in [6, 6.07) is 0. The summed E-state index contributed by atoms with van der Waals surface area (Å²) in [4.78, 5) is 0. The third-order valence-corrected chi connectivity index (χ3v) is 3.00. The standard InChI is InChI=1S/C14H26O2/c1-4-7-8-9-10-11-12-13(5-2)14(15,16)6-3/h5-6,13,15-16H,2-4,7-12H2,1H3. The molecule has 0 aromatic heterocycles. The Labute approximate surface area is 99.7 Å². The van der Waals surface area contributed by atoms with Crippen molar-refractivity contribution in [3.05, 3.63) is 25.3 Å². The van der Waals surface area contributed by atoms with E-state index >= 15 is 0 Å². The molecule has 1 unspecified atom stereocenters. The summed E-state index contributed by atoms with van der Waals surface area (Å²) in [5, 5.41) is 19.2. The van der Waals surface area contributed by atoms with Gasteiger partial charge in [0.15, 0.2) is 5.79 Å². The van der Waals surface area contributed by atoms with Gasteiger partial charge in [0, 0.05) is 5.92 Å². The fourth-order valence-electron chi connectivity index (χ4n) is 1.80. The van der Waals surface area contributed by atoms with Crippen LogP contribution in [0.25, 0.3) is 0 Å². The maximum atomic E-state index is 9.59. The Balaban J connectivity index is 3.72. The summed E-state index contributed by atoms with van der Waals surface area (Å²) in [5.41, 5.74) is 0. The van der Waals surface area contributed by atoms with E-state index in [4.69, 9.17) is 0 Å². The molecule has 16 heavy (non-hydrogen) atoms. The summed E-state index contributed by atoms with van der Waals surface area (Å²) in [6.45, 7) is 9.26. The highest BCUT2D eigenvalue weighted by Gasteiger charge is 2.27. The summed E-state index contributed by atoms with van der Waals surface area (Å²) < 4.78 is 0. The molecular formula is C14H26O2. The second-order valence-electron chi connectivity index (χ2n) is 4.39. The molecule has 94 valence electrons. The van der Waals surface area contributed by atoms with E-state index in [1.54, 1.807) is 6.08 Å². The van der Waals surface area contributed by atoms with Crippen LogP contribution in [0.15, 0.2) is 25.3 Å². The van der Waals surface area contributed by atoms with Gasteiger partial charge in [-0.25, -0.2) is 0 Å². The van der Waals surface area contributed by atoms with Gasteiger partial charge in [-0.05, 0) is 12.5 Å². The topological polar surface area (TPSA) is 40.5 Å². The van der Waals surface area contributed by atoms with Crippen molar-refractivity contribution >= 4 is 0 Å². The zero-order valence-corrected chi connectivity index (χ0v) is 10.5. The molecule has 2 N–H and O–H groups in total. The molecule has 0 saturated heterocycles. The third-order valence-electron chi connectivity index (χ3n) is 3.00. The maximum Gasteiger partial charge on any atom is 0.188 e. The van der Waals surface area contributed by atoms with Gasteiger partial charge >= 0.3 is 0 Å². The van der Waals surface area contributed by atoms with Crippen LogP contribution in [0.3, 0.4) is 0 Å². The lowest BCUT2D eigenvalue weighted by Crippen LogP contribution is -2.34. The SMILES string of the molecule is C=CC(CCCCCCCC)C(O)(O)C=C. The Bertz CT molecular complexity index is 197. The lowest BCUT2D eigenvalue weighted by atomic mass is 9.92. The number of unbranched alkanes of at least 4 members (excludes halogenated alkanes) is 5. The van der Waals surface area contributed by atoms with E-state index in [0.29, 0.717) is 0 Å². The molecule has 0 aliphatic heterocycles. The van der Waals surface area contributed by atoms with Gasteiger partial charge in [-0.3, -0.25) is 0 Å². The summed E-state index contributed by atoms with van der Waals surface area (Å²) in [7, 11) is 0. The van der Waals surface area contributed by atoms with Gasteiger partial charge < -0.3 is 10.2 Å². The van der Waals surface area contributed by atoms with E-state index in [2.05, 4.69) is 20.1 Å². The second-order valence-corrected chi connectivity index (χ2v) is 4.39. The van der Waals surface area contributed by atoms with Crippen LogP contribution in [0.2, 0.25) is 0 Å². The molecule has 1 atom stereocenters. The van der Waals surface area contributed by atoms with E-state index in [-0.39, 0.29) is 5.92 Å². The number of rotatable bonds is 10. The van der Waals surface area contributed by atoms with Crippen molar-refractivity contribution in [1.82, 2.24) is 0 Å². The minimum absolute atomic E-state index is 0.309. The van der Waals surface area contributed by atoms with Crippen LogP contribution in [-0.2, 0) is 0 Å². The van der Waals surface area contributed by atoms with Crippen molar-refractivity contribution in [1.29, 1.82) is 0 Å². The van der Waals surface area contributed by atoms with Crippen molar-refractivity contribution in [2.75, 3.05) is 0 Å². The largest absolute Gasteiger partial charge is 0.362 e. The van der Waals surface area contributed by atoms with Crippen LogP contribution in [0.5, 0.6) is 0 Å². The number of aliphatic hydroxyl groups is 2. The first kappa shape index (κ1) is 15.4. The van der Waals surface area contributed by atoms with Gasteiger partial charge in [0.2, 0.25) is 0 Å². The van der Waals surface area contributed by atoms with Crippen molar-refractivity contribution < 1.29 is 10.2 Å². The molecule has 0 amide bonds. The quantitative estimate of drug-likeness (QED) is 0.340. The van der Waals surface area contributed by atoms with Crippen LogP contribution in [-0.4, -0.2) is 16.0 Å². The van der Waals surface area contributed by atoms with E-state index < -0.39 is 5.79 Å². The highest BCUT2D eigenvalue weighted by Crippen LogP contribution is 2.23. The zero-order chi connectivity index (χ0) is 12.4. The molecule has 0 bridgehead atoms. The molecule has 0 saturated carbocycles. The molecule has 2 nitrogen and oxygen atoms in total. The van der Waals surface area contributed by atoms with Crippen molar-refractivity contribution in [3.8, 4) is 0 Å². The molecule has 0 aromatic carbocycles. The molecule has 0 radical (unpaired) electrons. The Kier molecular flexibility index (Phi) is 8.22. The van der Waals surface area contributed by atoms with Gasteiger partial charge in [0.1, 0.15) is 0 Å². The third kappa shape index (κ3) is 6.09. The molecule has 2 heteroatoms. The van der Waals surface area contributed by atoms with Gasteiger partial charge in [-0.15, -0.1) is 6.58 Å². The smallest absolute Gasteiger partial charge is 0.188 e. The fourth-order valence-corrected chi connectivity index (χ4v) is 1.80. The highest BCUT2D eigenvalue weighted by molar-refractivity contribution is 4.98. The predicted molar refractivity (Wildman–Crippen MR) is 69.0 cm³/mol. The van der Waals surface area contributed by atoms with Crippen LogP contribution in [0.4, 0.5) is 0 Å². The van der Waals surface area contributed by atoms with Gasteiger partial charge in [-0.1, -0.05) is 58.1 Å². The van der Waals surface area contributed by atoms with E-state index in [9.17, 15) is 10.2 Å². The average Bonchev–Trinajstić information content (AvgIpc) is 2.28. The second kappa shape index (κ2) is 8.54. The average molecular weight is 226 g/mol. The normalized spacial score (nSPS) is 13.4. The molecule has 0 aromatic rings. The Morgan fingerprint density at radius 2 is 1.62 bits per heavy atom. The van der Waals surface area contributed by atoms with Crippen molar-refractivity contribution in [2.45, 2.75) is 57.7 Å². The van der Waals surface area contributed by atoms with E-state index in [1.165, 1.54) is 31.8 Å². The van der Waals surface area contributed by atoms with Crippen LogP contribution in [0, 0.1) is 5.92 Å². The van der Waals surface area contributed by atoms with Crippen molar-refractivity contribution in [3.63, 3.8) is 0 Å². The molecule has 0 aliphatic carbocycles. The summed E-state index contributed by atoms with van der Waals surface area (Å²) >= 11 is 0. The number of hydrogen-bond donors (Lipinski definition) is 2. The Morgan fingerprint density at radius 3 is 2.12 bits per heavy atom. The molecule has 0 fully saturated rings. The minimum atomic E-state index is -1.80. The predicted octanol–water partition coefficient (Wildman–Crippen LogP) is 3.41. The molecule has 0 rings (SSSR count). The lowest BCUT2D eigenvalue weighted by molar-refractivity contribution is -0.148. The van der Waals surface area contributed by atoms with Gasteiger partial charge in [0.05, 0.1) is 0 Å². The molecule has 0 spiro atoms. The first-order valence-electron chi connectivity index (χ1n) is 6.29. The van der Waals surface area contributed by atoms with Crippen LogP contribution >= 0.6 is 0 Å². The van der Waals surface area contributed by atoms with Gasteiger partial charge in [0.25, 0.3) is 0 Å². The van der Waals surface area contributed by atoms with Crippen LogP contribution < -0.4 is 0 Å². The minimum Gasteiger partial charge on any atom is -0.362 e. The number of hydrogen-bond acceptors (Lipinski definition) is 2. The van der Waals surface area contributed by atoms with Gasteiger partial charge in [-0.2, -0.15) is 0 Å². The van der Waals surface area contributed by atoms with Crippen LogP contribution in [0.1, 0.15) is 51.9 Å². The molecule has 0 heterocycles. The van der Waals surface area contributed by atoms with Crippen molar-refractivity contribution in [2.24, 2.45) is 5.92 Å². The molecular weight excluding hydrogens is 200 g/mol. The summed E-state index contributed by atoms with van der Waals surface area (Å²) in [5.74, 6) is -2.11. The van der Waals surface area contributed by atoms with E-state index in [1.807, 2.05) is 0 Å². The van der Waals surface area contributed by atoms with E-state index in [0.717, 1.165) is 19.3 Å². The monoisotopic (exact) mass is 226 g/mol. The first-order valence-corrected chi connectivity index (χ1v) is 6.29. The highest BCUT2D eigenvalue weighted by atomic mass is 16.5. The molecule has 0 aliphatic rings. The Hall–Kier alpha value is -0.600. The zero-order valence-electron chi connectivity index (χ0n) is 10.5. The summed E-state index contributed by atoms with van der Waals surface area (Å²) in [6.07, 6.45) is 10.8. The lowest BCUT2D eigenvalue weighted by Gasteiger charge is -2.25. The fraction of sp³-hybridized carbons (Fsp3) is 0.714. The first-order chi connectivity index (χ1) is 7.58. The Morgan fingerprint density at radius 1 is 1.06 bits per heavy atom. The maximum absolute atomic E-state index is 9.59.